The van der Waals surface area contributed by atoms with Gasteiger partial charge in [0.25, 0.3) is 0 Å². The molecule has 7 heteroatoms. The van der Waals surface area contributed by atoms with E-state index in [-0.39, 0.29) is 5.56 Å². The van der Waals surface area contributed by atoms with E-state index in [1.165, 1.54) is 11.8 Å². The van der Waals surface area contributed by atoms with E-state index in [2.05, 4.69) is 10.1 Å². The van der Waals surface area contributed by atoms with Gasteiger partial charge in [-0.3, -0.25) is 0 Å². The highest BCUT2D eigenvalue weighted by Gasteiger charge is 2.10. The number of thioether (sulfide) groups is 1. The summed E-state index contributed by atoms with van der Waals surface area (Å²) in [6.07, 6.45) is 0. The Balaban J connectivity index is 1.68. The van der Waals surface area contributed by atoms with Gasteiger partial charge in [-0.25, -0.2) is 4.79 Å². The van der Waals surface area contributed by atoms with E-state index in [0.29, 0.717) is 17.5 Å². The van der Waals surface area contributed by atoms with Gasteiger partial charge < -0.3 is 9.63 Å². The molecule has 1 N–H and O–H groups in total. The first kappa shape index (κ1) is 13.8. The lowest BCUT2D eigenvalue weighted by Gasteiger charge is -1.99. The third-order valence-electron chi connectivity index (χ3n) is 2.69. The molecule has 0 spiro atoms. The standard InChI is InChI=1S/C14H10N2O3S2/c17-14(18)9-2-1-3-11(6-9)21-8-12-15-13(16-19-12)10-4-5-20-7-10/h1-7H,8H2,(H,17,18). The van der Waals surface area contributed by atoms with Crippen LogP contribution in [0.1, 0.15) is 16.2 Å². The van der Waals surface area contributed by atoms with Crippen molar-refractivity contribution in [3.05, 3.63) is 52.5 Å². The van der Waals surface area contributed by atoms with Crippen molar-refractivity contribution in [2.24, 2.45) is 0 Å². The monoisotopic (exact) mass is 318 g/mol. The van der Waals surface area contributed by atoms with Gasteiger partial charge in [-0.15, -0.1) is 11.8 Å². The highest BCUT2D eigenvalue weighted by atomic mass is 32.2. The topological polar surface area (TPSA) is 76.2 Å². The van der Waals surface area contributed by atoms with Gasteiger partial charge in [-0.2, -0.15) is 16.3 Å². The lowest BCUT2D eigenvalue weighted by atomic mass is 10.2. The Kier molecular flexibility index (Phi) is 4.03. The van der Waals surface area contributed by atoms with Crippen LogP contribution in [0.5, 0.6) is 0 Å². The first-order valence-electron chi connectivity index (χ1n) is 6.04. The predicted molar refractivity (Wildman–Crippen MR) is 80.6 cm³/mol. The molecule has 0 aliphatic heterocycles. The largest absolute Gasteiger partial charge is 0.478 e. The molecule has 2 heterocycles. The summed E-state index contributed by atoms with van der Waals surface area (Å²) in [5.41, 5.74) is 1.21. The average Bonchev–Trinajstić information content (AvgIpc) is 3.16. The van der Waals surface area contributed by atoms with Gasteiger partial charge in [0.05, 0.1) is 11.3 Å². The summed E-state index contributed by atoms with van der Waals surface area (Å²) in [4.78, 5) is 16.1. The van der Waals surface area contributed by atoms with Crippen LogP contribution in [0.2, 0.25) is 0 Å². The molecule has 5 nitrogen and oxygen atoms in total. The minimum absolute atomic E-state index is 0.268. The van der Waals surface area contributed by atoms with E-state index in [1.54, 1.807) is 29.5 Å². The zero-order valence-corrected chi connectivity index (χ0v) is 12.4. The Morgan fingerprint density at radius 1 is 1.38 bits per heavy atom. The van der Waals surface area contributed by atoms with Crippen molar-refractivity contribution in [3.8, 4) is 11.4 Å². The summed E-state index contributed by atoms with van der Waals surface area (Å²) >= 11 is 3.03. The minimum atomic E-state index is -0.935. The second-order valence-corrected chi connectivity index (χ2v) is 5.97. The van der Waals surface area contributed by atoms with Crippen molar-refractivity contribution in [2.45, 2.75) is 10.6 Å². The summed E-state index contributed by atoms with van der Waals surface area (Å²) in [7, 11) is 0. The maximum Gasteiger partial charge on any atom is 0.335 e. The zero-order chi connectivity index (χ0) is 14.7. The first-order chi connectivity index (χ1) is 10.2. The fourth-order valence-electron chi connectivity index (χ4n) is 1.69. The molecule has 3 aromatic rings. The molecular weight excluding hydrogens is 308 g/mol. The van der Waals surface area contributed by atoms with Gasteiger partial charge in [0.1, 0.15) is 0 Å². The summed E-state index contributed by atoms with van der Waals surface area (Å²) < 4.78 is 5.19. The quantitative estimate of drug-likeness (QED) is 0.721. The Labute approximate surface area is 128 Å². The molecule has 3 rings (SSSR count). The smallest absolute Gasteiger partial charge is 0.335 e. The number of hydrogen-bond acceptors (Lipinski definition) is 6. The molecule has 0 unspecified atom stereocenters. The lowest BCUT2D eigenvalue weighted by Crippen LogP contribution is -1.95. The highest BCUT2D eigenvalue weighted by Crippen LogP contribution is 2.25. The molecule has 0 aliphatic rings. The van der Waals surface area contributed by atoms with Crippen molar-refractivity contribution in [1.29, 1.82) is 0 Å². The zero-order valence-electron chi connectivity index (χ0n) is 10.7. The van der Waals surface area contributed by atoms with Crippen LogP contribution < -0.4 is 0 Å². The van der Waals surface area contributed by atoms with Crippen LogP contribution in [0.25, 0.3) is 11.4 Å². The molecule has 1 aromatic carbocycles. The van der Waals surface area contributed by atoms with Crippen molar-refractivity contribution < 1.29 is 14.4 Å². The molecule has 21 heavy (non-hydrogen) atoms. The van der Waals surface area contributed by atoms with E-state index in [9.17, 15) is 4.79 Å². The molecule has 0 amide bonds. The van der Waals surface area contributed by atoms with Crippen LogP contribution in [0.4, 0.5) is 0 Å². The van der Waals surface area contributed by atoms with E-state index in [4.69, 9.17) is 9.63 Å². The number of thiophene rings is 1. The summed E-state index contributed by atoms with van der Waals surface area (Å²) in [5.74, 6) is 0.656. The Hall–Kier alpha value is -2.12. The lowest BCUT2D eigenvalue weighted by molar-refractivity contribution is 0.0696. The molecule has 0 radical (unpaired) electrons. The second-order valence-electron chi connectivity index (χ2n) is 4.15. The molecule has 0 aliphatic carbocycles. The van der Waals surface area contributed by atoms with Gasteiger partial charge in [-0.05, 0) is 29.6 Å². The van der Waals surface area contributed by atoms with Crippen LogP contribution in [0, 0.1) is 0 Å². The molecule has 0 saturated heterocycles. The predicted octanol–water partition coefficient (Wildman–Crippen LogP) is 3.79. The third-order valence-corrected chi connectivity index (χ3v) is 4.35. The maximum atomic E-state index is 10.9. The Morgan fingerprint density at radius 2 is 2.29 bits per heavy atom. The average molecular weight is 318 g/mol. The van der Waals surface area contributed by atoms with Crippen LogP contribution >= 0.6 is 23.1 Å². The van der Waals surface area contributed by atoms with Gasteiger partial charge in [0.2, 0.25) is 11.7 Å². The molecular formula is C14H10N2O3S2. The van der Waals surface area contributed by atoms with Gasteiger partial charge in [-0.1, -0.05) is 11.2 Å². The maximum absolute atomic E-state index is 10.9. The first-order valence-corrected chi connectivity index (χ1v) is 7.96. The van der Waals surface area contributed by atoms with E-state index in [1.807, 2.05) is 22.9 Å². The van der Waals surface area contributed by atoms with E-state index >= 15 is 0 Å². The summed E-state index contributed by atoms with van der Waals surface area (Å²) in [6, 6.07) is 8.70. The number of rotatable bonds is 5. The highest BCUT2D eigenvalue weighted by molar-refractivity contribution is 7.98. The van der Waals surface area contributed by atoms with Gasteiger partial charge in [0, 0.05) is 15.8 Å². The fourth-order valence-corrected chi connectivity index (χ4v) is 3.11. The number of carbonyl (C=O) groups is 1. The van der Waals surface area contributed by atoms with Crippen molar-refractivity contribution in [2.75, 3.05) is 0 Å². The van der Waals surface area contributed by atoms with E-state index < -0.39 is 5.97 Å². The van der Waals surface area contributed by atoms with Crippen LogP contribution in [-0.4, -0.2) is 21.2 Å². The van der Waals surface area contributed by atoms with Crippen molar-refractivity contribution in [1.82, 2.24) is 10.1 Å². The number of aromatic nitrogens is 2. The molecule has 106 valence electrons. The minimum Gasteiger partial charge on any atom is -0.478 e. The summed E-state index contributed by atoms with van der Waals surface area (Å²) in [5, 5.41) is 16.8. The number of carboxylic acids is 1. The molecule has 2 aromatic heterocycles. The van der Waals surface area contributed by atoms with Crippen LogP contribution in [0.15, 0.2) is 50.5 Å². The third kappa shape index (κ3) is 3.32. The number of nitrogens with zero attached hydrogens (tertiary/aromatic N) is 2. The van der Waals surface area contributed by atoms with Crippen molar-refractivity contribution >= 4 is 29.1 Å². The second kappa shape index (κ2) is 6.11. The number of benzene rings is 1. The van der Waals surface area contributed by atoms with Gasteiger partial charge >= 0.3 is 5.97 Å². The van der Waals surface area contributed by atoms with Crippen LogP contribution in [-0.2, 0) is 5.75 Å². The molecule has 0 bridgehead atoms. The molecule has 0 atom stereocenters. The van der Waals surface area contributed by atoms with Crippen molar-refractivity contribution in [3.63, 3.8) is 0 Å². The van der Waals surface area contributed by atoms with E-state index in [0.717, 1.165) is 10.5 Å². The Morgan fingerprint density at radius 3 is 3.05 bits per heavy atom. The summed E-state index contributed by atoms with van der Waals surface area (Å²) in [6.45, 7) is 0. The fraction of sp³-hybridized carbons (Fsp3) is 0.0714. The number of hydrogen-bond donors (Lipinski definition) is 1. The van der Waals surface area contributed by atoms with Gasteiger partial charge in [0.15, 0.2) is 0 Å². The normalized spacial score (nSPS) is 10.7. The number of aromatic carboxylic acids is 1. The molecule has 0 saturated carbocycles. The SMILES string of the molecule is O=C(O)c1cccc(SCc2nc(-c3ccsc3)no2)c1. The van der Waals surface area contributed by atoms with Crippen LogP contribution in [0.3, 0.4) is 0 Å². The molecule has 0 fully saturated rings. The number of carboxylic acid groups (broad SMARTS) is 1. The Bertz CT molecular complexity index is 753.